The van der Waals surface area contributed by atoms with Crippen LogP contribution in [-0.4, -0.2) is 67.4 Å². The van der Waals surface area contributed by atoms with Crippen LogP contribution in [0.15, 0.2) is 48.5 Å². The van der Waals surface area contributed by atoms with Crippen molar-refractivity contribution in [2.45, 2.75) is 25.3 Å². The summed E-state index contributed by atoms with van der Waals surface area (Å²) in [7, 11) is 1.47. The summed E-state index contributed by atoms with van der Waals surface area (Å²) in [5.41, 5.74) is 4.44. The third kappa shape index (κ3) is 5.26. The van der Waals surface area contributed by atoms with Gasteiger partial charge in [0.2, 0.25) is 5.91 Å². The van der Waals surface area contributed by atoms with Gasteiger partial charge in [0, 0.05) is 19.6 Å². The number of alkyl carbamates (subject to hydrolysis) is 1. The van der Waals surface area contributed by atoms with Gasteiger partial charge in [-0.05, 0) is 28.7 Å². The molecule has 0 bridgehead atoms. The third-order valence-electron chi connectivity index (χ3n) is 5.55. The fourth-order valence-corrected chi connectivity index (χ4v) is 3.97. The number of carbonyl (C=O) groups is 3. The van der Waals surface area contributed by atoms with Gasteiger partial charge in [0.05, 0.1) is 6.61 Å². The molecule has 170 valence electrons. The fourth-order valence-electron chi connectivity index (χ4n) is 3.97. The number of carbonyl (C=O) groups excluding carboxylic acids is 2. The minimum absolute atomic E-state index is 0.0888. The minimum atomic E-state index is -1.13. The van der Waals surface area contributed by atoms with Crippen molar-refractivity contribution in [2.24, 2.45) is 0 Å². The topological polar surface area (TPSA) is 105 Å². The summed E-state index contributed by atoms with van der Waals surface area (Å²) in [5, 5.41) is 11.7. The highest BCUT2D eigenvalue weighted by Gasteiger charge is 2.30. The highest BCUT2D eigenvalue weighted by Crippen LogP contribution is 2.44. The minimum Gasteiger partial charge on any atom is -0.480 e. The standard InChI is InChI=1S/C24H28N2O6/c1-3-21(23(29)26(12-13-31-2)14-22(27)28)25-24(30)32-15-20-18-10-6-4-8-16(18)17-9-5-7-11-19(17)20/h4-11,20-21H,3,12-15H2,1-2H3,(H,25,30)(H,27,28). The number of carboxylic acids is 1. The Morgan fingerprint density at radius 2 is 1.66 bits per heavy atom. The number of amides is 2. The smallest absolute Gasteiger partial charge is 0.407 e. The number of hydrogen-bond acceptors (Lipinski definition) is 5. The molecule has 0 heterocycles. The Bertz CT molecular complexity index is 931. The second-order valence-electron chi connectivity index (χ2n) is 7.58. The number of nitrogens with one attached hydrogen (secondary N) is 1. The summed E-state index contributed by atoms with van der Waals surface area (Å²) in [6.45, 7) is 1.71. The van der Waals surface area contributed by atoms with Gasteiger partial charge in [-0.15, -0.1) is 0 Å². The highest BCUT2D eigenvalue weighted by atomic mass is 16.5. The first-order chi connectivity index (χ1) is 15.5. The van der Waals surface area contributed by atoms with Crippen molar-refractivity contribution in [2.75, 3.05) is 33.4 Å². The van der Waals surface area contributed by atoms with Gasteiger partial charge in [-0.25, -0.2) is 4.79 Å². The molecule has 1 aliphatic rings. The molecule has 8 heteroatoms. The van der Waals surface area contributed by atoms with Gasteiger partial charge in [0.1, 0.15) is 19.2 Å². The third-order valence-corrected chi connectivity index (χ3v) is 5.55. The van der Waals surface area contributed by atoms with Crippen molar-refractivity contribution in [1.29, 1.82) is 0 Å². The largest absolute Gasteiger partial charge is 0.480 e. The van der Waals surface area contributed by atoms with E-state index in [4.69, 9.17) is 14.6 Å². The maximum absolute atomic E-state index is 12.8. The molecule has 8 nitrogen and oxygen atoms in total. The van der Waals surface area contributed by atoms with Crippen molar-refractivity contribution in [1.82, 2.24) is 10.2 Å². The molecule has 2 aromatic carbocycles. The van der Waals surface area contributed by atoms with Crippen molar-refractivity contribution in [3.8, 4) is 11.1 Å². The first kappa shape index (κ1) is 23.3. The summed E-state index contributed by atoms with van der Waals surface area (Å²) in [4.78, 5) is 37.6. The van der Waals surface area contributed by atoms with Crippen LogP contribution in [0.5, 0.6) is 0 Å². The summed E-state index contributed by atoms with van der Waals surface area (Å²) < 4.78 is 10.5. The van der Waals surface area contributed by atoms with Crippen molar-refractivity contribution in [3.63, 3.8) is 0 Å². The number of rotatable bonds is 10. The van der Waals surface area contributed by atoms with E-state index >= 15 is 0 Å². The zero-order chi connectivity index (χ0) is 23.1. The molecule has 1 atom stereocenters. The number of nitrogens with zero attached hydrogens (tertiary/aromatic N) is 1. The predicted molar refractivity (Wildman–Crippen MR) is 118 cm³/mol. The Balaban J connectivity index is 1.64. The van der Waals surface area contributed by atoms with E-state index in [0.717, 1.165) is 27.2 Å². The van der Waals surface area contributed by atoms with E-state index in [1.54, 1.807) is 6.92 Å². The second-order valence-corrected chi connectivity index (χ2v) is 7.58. The van der Waals surface area contributed by atoms with Crippen LogP contribution < -0.4 is 5.32 Å². The molecule has 2 amide bonds. The number of fused-ring (bicyclic) bond motifs is 3. The van der Waals surface area contributed by atoms with Crippen LogP contribution in [0.3, 0.4) is 0 Å². The monoisotopic (exact) mass is 440 g/mol. The van der Waals surface area contributed by atoms with Crippen molar-refractivity contribution < 1.29 is 29.0 Å². The van der Waals surface area contributed by atoms with Gasteiger partial charge in [-0.3, -0.25) is 9.59 Å². The lowest BCUT2D eigenvalue weighted by Crippen LogP contribution is -2.50. The van der Waals surface area contributed by atoms with E-state index in [-0.39, 0.29) is 25.7 Å². The van der Waals surface area contributed by atoms with Crippen LogP contribution in [0.1, 0.15) is 30.4 Å². The van der Waals surface area contributed by atoms with Gasteiger partial charge in [-0.2, -0.15) is 0 Å². The fraction of sp³-hybridized carbons (Fsp3) is 0.375. The highest BCUT2D eigenvalue weighted by molar-refractivity contribution is 5.88. The lowest BCUT2D eigenvalue weighted by Gasteiger charge is -2.26. The lowest BCUT2D eigenvalue weighted by atomic mass is 9.98. The molecule has 0 spiro atoms. The van der Waals surface area contributed by atoms with Crippen LogP contribution in [0.4, 0.5) is 4.79 Å². The predicted octanol–water partition coefficient (Wildman–Crippen LogP) is 2.86. The molecular weight excluding hydrogens is 412 g/mol. The Labute approximate surface area is 187 Å². The lowest BCUT2D eigenvalue weighted by molar-refractivity contribution is -0.145. The van der Waals surface area contributed by atoms with Crippen LogP contribution in [0, 0.1) is 0 Å². The molecule has 3 rings (SSSR count). The second kappa shape index (κ2) is 10.8. The van der Waals surface area contributed by atoms with E-state index in [1.807, 2.05) is 36.4 Å². The number of carboxylic acid groups (broad SMARTS) is 1. The molecule has 0 fully saturated rings. The van der Waals surface area contributed by atoms with Gasteiger partial charge in [0.25, 0.3) is 0 Å². The number of methoxy groups -OCH3 is 1. The summed E-state index contributed by atoms with van der Waals surface area (Å²) in [6, 6.07) is 15.2. The SMILES string of the molecule is CCC(NC(=O)OCC1c2ccccc2-c2ccccc21)C(=O)N(CCOC)CC(=O)O. The maximum atomic E-state index is 12.8. The molecule has 0 saturated heterocycles. The summed E-state index contributed by atoms with van der Waals surface area (Å²) in [5.74, 6) is -1.71. The van der Waals surface area contributed by atoms with E-state index in [1.165, 1.54) is 7.11 Å². The van der Waals surface area contributed by atoms with Gasteiger partial charge in [-0.1, -0.05) is 55.5 Å². The molecule has 2 aromatic rings. The first-order valence-corrected chi connectivity index (χ1v) is 10.6. The Hall–Kier alpha value is -3.39. The Morgan fingerprint density at radius 3 is 2.19 bits per heavy atom. The zero-order valence-corrected chi connectivity index (χ0v) is 18.2. The van der Waals surface area contributed by atoms with Gasteiger partial charge >= 0.3 is 12.1 Å². The molecule has 2 N–H and O–H groups in total. The zero-order valence-electron chi connectivity index (χ0n) is 18.2. The molecule has 1 unspecified atom stereocenters. The van der Waals surface area contributed by atoms with E-state index in [0.29, 0.717) is 6.42 Å². The number of benzene rings is 2. The number of hydrogen-bond donors (Lipinski definition) is 2. The van der Waals surface area contributed by atoms with Crippen LogP contribution in [0.2, 0.25) is 0 Å². The Kier molecular flexibility index (Phi) is 7.83. The summed E-state index contributed by atoms with van der Waals surface area (Å²) in [6.07, 6.45) is -0.416. The molecule has 0 saturated carbocycles. The molecule has 1 aliphatic carbocycles. The average Bonchev–Trinajstić information content (AvgIpc) is 3.12. The Morgan fingerprint density at radius 1 is 1.06 bits per heavy atom. The van der Waals surface area contributed by atoms with Crippen molar-refractivity contribution in [3.05, 3.63) is 59.7 Å². The van der Waals surface area contributed by atoms with E-state index in [9.17, 15) is 14.4 Å². The summed E-state index contributed by atoms with van der Waals surface area (Å²) >= 11 is 0. The molecule has 32 heavy (non-hydrogen) atoms. The molecular formula is C24H28N2O6. The normalized spacial score (nSPS) is 13.1. The van der Waals surface area contributed by atoms with Gasteiger partial charge < -0.3 is 24.8 Å². The van der Waals surface area contributed by atoms with Crippen molar-refractivity contribution >= 4 is 18.0 Å². The maximum Gasteiger partial charge on any atom is 0.407 e. The molecule has 0 radical (unpaired) electrons. The number of aliphatic carboxylic acids is 1. The van der Waals surface area contributed by atoms with Gasteiger partial charge in [0.15, 0.2) is 0 Å². The number of ether oxygens (including phenoxy) is 2. The van der Waals surface area contributed by atoms with Crippen LogP contribution in [0.25, 0.3) is 11.1 Å². The van der Waals surface area contributed by atoms with Crippen LogP contribution >= 0.6 is 0 Å². The van der Waals surface area contributed by atoms with E-state index in [2.05, 4.69) is 17.4 Å². The van der Waals surface area contributed by atoms with Crippen LogP contribution in [-0.2, 0) is 19.1 Å². The molecule has 0 aromatic heterocycles. The van der Waals surface area contributed by atoms with E-state index < -0.39 is 30.6 Å². The average molecular weight is 440 g/mol. The molecule has 0 aliphatic heterocycles. The first-order valence-electron chi connectivity index (χ1n) is 10.6. The quantitative estimate of drug-likeness (QED) is 0.589.